The predicted octanol–water partition coefficient (Wildman–Crippen LogP) is 2.86. The zero-order chi connectivity index (χ0) is 20.5. The van der Waals surface area contributed by atoms with Crippen molar-refractivity contribution in [2.75, 3.05) is 32.8 Å². The Bertz CT molecular complexity index is 933. The first kappa shape index (κ1) is 19.1. The van der Waals surface area contributed by atoms with Gasteiger partial charge in [0, 0.05) is 6.54 Å². The van der Waals surface area contributed by atoms with Crippen molar-refractivity contribution in [1.82, 2.24) is 4.90 Å². The molecule has 0 radical (unpaired) electrons. The van der Waals surface area contributed by atoms with E-state index in [1.54, 1.807) is 37.2 Å². The average Bonchev–Trinajstić information content (AvgIpc) is 3.23. The zero-order valence-corrected chi connectivity index (χ0v) is 16.8. The molecule has 0 aromatic heterocycles. The van der Waals surface area contributed by atoms with E-state index in [0.29, 0.717) is 48.0 Å². The molecule has 0 bridgehead atoms. The summed E-state index contributed by atoms with van der Waals surface area (Å²) in [6.07, 6.45) is 1.52. The van der Waals surface area contributed by atoms with E-state index in [1.165, 1.54) is 0 Å². The number of nitrogens with zero attached hydrogens (tertiary/aromatic N) is 2. The van der Waals surface area contributed by atoms with Gasteiger partial charge in [-0.1, -0.05) is 12.1 Å². The van der Waals surface area contributed by atoms with Gasteiger partial charge in [0.05, 0.1) is 39.1 Å². The van der Waals surface area contributed by atoms with Crippen LogP contribution in [-0.2, 0) is 11.3 Å². The Balaban J connectivity index is 1.79. The van der Waals surface area contributed by atoms with Crippen LogP contribution in [0.4, 0.5) is 5.69 Å². The van der Waals surface area contributed by atoms with Crippen LogP contribution in [0.5, 0.6) is 17.2 Å². The standard InChI is InChI=1S/C22H24N2O5/c1-27-18-11-14(12-19(28-2)20(18)29-3)13-24-16-8-5-4-7-15(16)21(25)23-10-6-9-17(23)22(24)26/h4-5,7-8,11-12,17H,6,9-10,13H2,1-3H3/t17-/m0/s1. The van der Waals surface area contributed by atoms with Crippen LogP contribution >= 0.6 is 0 Å². The van der Waals surface area contributed by atoms with E-state index in [4.69, 9.17) is 14.2 Å². The number of benzene rings is 2. The summed E-state index contributed by atoms with van der Waals surface area (Å²) in [5, 5.41) is 0. The molecule has 2 heterocycles. The molecular weight excluding hydrogens is 372 g/mol. The molecule has 1 atom stereocenters. The lowest BCUT2D eigenvalue weighted by Crippen LogP contribution is -2.44. The number of amides is 2. The Hall–Kier alpha value is -3.22. The average molecular weight is 396 g/mol. The molecule has 2 aromatic carbocycles. The van der Waals surface area contributed by atoms with E-state index in [1.807, 2.05) is 30.3 Å². The lowest BCUT2D eigenvalue weighted by Gasteiger charge is -2.26. The molecule has 7 nitrogen and oxygen atoms in total. The highest BCUT2D eigenvalue weighted by atomic mass is 16.5. The molecule has 0 aliphatic carbocycles. The van der Waals surface area contributed by atoms with Crippen molar-refractivity contribution in [3.8, 4) is 17.2 Å². The van der Waals surface area contributed by atoms with Crippen molar-refractivity contribution in [1.29, 1.82) is 0 Å². The van der Waals surface area contributed by atoms with E-state index < -0.39 is 6.04 Å². The second-order valence-electron chi connectivity index (χ2n) is 7.13. The summed E-state index contributed by atoms with van der Waals surface area (Å²) in [6, 6.07) is 10.5. The van der Waals surface area contributed by atoms with E-state index in [0.717, 1.165) is 12.0 Å². The Morgan fingerprint density at radius 1 is 1.00 bits per heavy atom. The van der Waals surface area contributed by atoms with Gasteiger partial charge >= 0.3 is 0 Å². The van der Waals surface area contributed by atoms with Crippen LogP contribution in [0.25, 0.3) is 0 Å². The third kappa shape index (κ3) is 3.16. The number of para-hydroxylation sites is 1. The van der Waals surface area contributed by atoms with Crippen molar-refractivity contribution < 1.29 is 23.8 Å². The summed E-state index contributed by atoms with van der Waals surface area (Å²) in [7, 11) is 4.67. The molecule has 2 aliphatic rings. The molecule has 7 heteroatoms. The van der Waals surface area contributed by atoms with Gasteiger partial charge in [0.25, 0.3) is 5.91 Å². The van der Waals surface area contributed by atoms with Crippen LogP contribution in [0.2, 0.25) is 0 Å². The normalized spacial score (nSPS) is 18.2. The molecule has 1 saturated heterocycles. The second kappa shape index (κ2) is 7.66. The lowest BCUT2D eigenvalue weighted by atomic mass is 10.1. The fraction of sp³-hybridized carbons (Fsp3) is 0.364. The molecule has 4 rings (SSSR count). The van der Waals surface area contributed by atoms with Crippen LogP contribution < -0.4 is 19.1 Å². The van der Waals surface area contributed by atoms with Gasteiger partial charge in [-0.15, -0.1) is 0 Å². The fourth-order valence-corrected chi connectivity index (χ4v) is 4.18. The summed E-state index contributed by atoms with van der Waals surface area (Å²) in [5.74, 6) is 1.41. The summed E-state index contributed by atoms with van der Waals surface area (Å²) in [6.45, 7) is 0.909. The molecular formula is C22H24N2O5. The van der Waals surface area contributed by atoms with Gasteiger partial charge < -0.3 is 24.0 Å². The molecule has 0 N–H and O–H groups in total. The number of carbonyl (C=O) groups excluding carboxylic acids is 2. The number of methoxy groups -OCH3 is 3. The van der Waals surface area contributed by atoms with Crippen LogP contribution in [0, 0.1) is 0 Å². The molecule has 2 aliphatic heterocycles. The number of anilines is 1. The summed E-state index contributed by atoms with van der Waals surface area (Å²) in [4.78, 5) is 29.9. The highest BCUT2D eigenvalue weighted by molar-refractivity contribution is 6.11. The minimum absolute atomic E-state index is 0.0606. The van der Waals surface area contributed by atoms with Crippen molar-refractivity contribution in [3.05, 3.63) is 47.5 Å². The smallest absolute Gasteiger partial charge is 0.256 e. The fourth-order valence-electron chi connectivity index (χ4n) is 4.18. The largest absolute Gasteiger partial charge is 0.493 e. The molecule has 0 unspecified atom stereocenters. The van der Waals surface area contributed by atoms with Crippen molar-refractivity contribution >= 4 is 17.5 Å². The maximum Gasteiger partial charge on any atom is 0.256 e. The predicted molar refractivity (Wildman–Crippen MR) is 108 cm³/mol. The van der Waals surface area contributed by atoms with Crippen molar-refractivity contribution in [3.63, 3.8) is 0 Å². The number of ether oxygens (including phenoxy) is 3. The molecule has 1 fully saturated rings. The van der Waals surface area contributed by atoms with Crippen molar-refractivity contribution in [2.45, 2.75) is 25.4 Å². The third-order valence-electron chi connectivity index (χ3n) is 5.56. The molecule has 2 amide bonds. The Morgan fingerprint density at radius 3 is 2.34 bits per heavy atom. The van der Waals surface area contributed by atoms with Gasteiger partial charge in [0.1, 0.15) is 6.04 Å². The number of rotatable bonds is 5. The minimum Gasteiger partial charge on any atom is -0.493 e. The van der Waals surface area contributed by atoms with Gasteiger partial charge in [-0.2, -0.15) is 0 Å². The van der Waals surface area contributed by atoms with Crippen LogP contribution in [0.3, 0.4) is 0 Å². The maximum atomic E-state index is 13.4. The third-order valence-corrected chi connectivity index (χ3v) is 5.56. The Morgan fingerprint density at radius 2 is 1.69 bits per heavy atom. The molecule has 0 spiro atoms. The van der Waals surface area contributed by atoms with E-state index in [2.05, 4.69) is 0 Å². The first-order valence-corrected chi connectivity index (χ1v) is 9.59. The summed E-state index contributed by atoms with van der Waals surface area (Å²) in [5.41, 5.74) is 2.00. The van der Waals surface area contributed by atoms with Gasteiger partial charge in [-0.3, -0.25) is 9.59 Å². The van der Waals surface area contributed by atoms with Crippen LogP contribution in [0.15, 0.2) is 36.4 Å². The first-order valence-electron chi connectivity index (χ1n) is 9.59. The second-order valence-corrected chi connectivity index (χ2v) is 7.13. The highest BCUT2D eigenvalue weighted by Crippen LogP contribution is 2.40. The molecule has 2 aromatic rings. The molecule has 29 heavy (non-hydrogen) atoms. The lowest BCUT2D eigenvalue weighted by molar-refractivity contribution is -0.122. The first-order chi connectivity index (χ1) is 14.1. The summed E-state index contributed by atoms with van der Waals surface area (Å²) < 4.78 is 16.3. The van der Waals surface area contributed by atoms with Gasteiger partial charge in [0.2, 0.25) is 11.7 Å². The minimum atomic E-state index is -0.420. The summed E-state index contributed by atoms with van der Waals surface area (Å²) >= 11 is 0. The molecule has 0 saturated carbocycles. The highest BCUT2D eigenvalue weighted by Gasteiger charge is 2.41. The molecule has 152 valence electrons. The van der Waals surface area contributed by atoms with Gasteiger partial charge in [-0.25, -0.2) is 0 Å². The Kier molecular flexibility index (Phi) is 5.05. The van der Waals surface area contributed by atoms with Gasteiger partial charge in [-0.05, 0) is 42.7 Å². The SMILES string of the molecule is COc1cc(CN2C(=O)[C@@H]3CCCN3C(=O)c3ccccc32)cc(OC)c1OC. The van der Waals surface area contributed by atoms with Crippen LogP contribution in [0.1, 0.15) is 28.8 Å². The maximum absolute atomic E-state index is 13.4. The monoisotopic (exact) mass is 396 g/mol. The number of carbonyl (C=O) groups is 2. The van der Waals surface area contributed by atoms with Crippen LogP contribution in [-0.4, -0.2) is 50.6 Å². The van der Waals surface area contributed by atoms with E-state index in [-0.39, 0.29) is 11.8 Å². The zero-order valence-electron chi connectivity index (χ0n) is 16.8. The van der Waals surface area contributed by atoms with E-state index >= 15 is 0 Å². The Labute approximate surface area is 169 Å². The van der Waals surface area contributed by atoms with E-state index in [9.17, 15) is 9.59 Å². The number of hydrogen-bond acceptors (Lipinski definition) is 5. The number of fused-ring (bicyclic) bond motifs is 2. The number of hydrogen-bond donors (Lipinski definition) is 0. The van der Waals surface area contributed by atoms with Gasteiger partial charge in [0.15, 0.2) is 11.5 Å². The topological polar surface area (TPSA) is 68.3 Å². The quantitative estimate of drug-likeness (QED) is 0.777. The van der Waals surface area contributed by atoms with Crippen molar-refractivity contribution in [2.24, 2.45) is 0 Å².